The number of rotatable bonds is 4. The molecule has 3 rings (SSSR count). The number of halogens is 5. The topological polar surface area (TPSA) is 27.3 Å². The molecule has 26 heavy (non-hydrogen) atoms. The van der Waals surface area contributed by atoms with E-state index < -0.39 is 18.0 Å². The second-order valence-electron chi connectivity index (χ2n) is 5.90. The van der Waals surface area contributed by atoms with Crippen molar-refractivity contribution in [1.82, 2.24) is 10.4 Å². The van der Waals surface area contributed by atoms with Gasteiger partial charge in [0.05, 0.1) is 5.70 Å². The van der Waals surface area contributed by atoms with Crippen molar-refractivity contribution in [3.8, 4) is 0 Å². The predicted molar refractivity (Wildman–Crippen MR) is 88.8 cm³/mol. The van der Waals surface area contributed by atoms with Crippen LogP contribution in [-0.2, 0) is 6.54 Å². The number of nitrogens with one attached hydrogen (secondary N) is 2. The quantitative estimate of drug-likeness (QED) is 0.787. The van der Waals surface area contributed by atoms with Crippen LogP contribution in [0.5, 0.6) is 0 Å². The summed E-state index contributed by atoms with van der Waals surface area (Å²) < 4.78 is 66.4. The van der Waals surface area contributed by atoms with E-state index in [9.17, 15) is 22.0 Å². The molecule has 0 amide bonds. The van der Waals surface area contributed by atoms with Gasteiger partial charge < -0.3 is 10.3 Å². The Labute approximate surface area is 147 Å². The number of nitrogens with zero attached hydrogens (tertiary/aromatic N) is 1. The molecule has 138 valence electrons. The molecule has 0 spiro atoms. The van der Waals surface area contributed by atoms with Crippen molar-refractivity contribution in [2.24, 2.45) is 0 Å². The van der Waals surface area contributed by atoms with Crippen molar-refractivity contribution in [2.75, 3.05) is 12.4 Å². The first-order valence-electron chi connectivity index (χ1n) is 7.81. The van der Waals surface area contributed by atoms with Crippen molar-refractivity contribution in [3.63, 3.8) is 0 Å². The number of hydrazine groups is 1. The standard InChI is InChI=1S/C18H16F5N3/c1-26-16(9-17(25-26)18(21,22)23)13-7-6-12(8-15(13)20)24-10-11-4-2-3-5-14(11)19/h2-9,17,24-25H,10H2,1H3. The first-order valence-corrected chi connectivity index (χ1v) is 7.81. The monoisotopic (exact) mass is 369 g/mol. The molecule has 0 aliphatic carbocycles. The van der Waals surface area contributed by atoms with E-state index in [0.717, 1.165) is 11.1 Å². The van der Waals surface area contributed by atoms with Crippen LogP contribution in [-0.4, -0.2) is 24.3 Å². The van der Waals surface area contributed by atoms with E-state index in [-0.39, 0.29) is 23.6 Å². The molecule has 1 aliphatic rings. The van der Waals surface area contributed by atoms with Crippen LogP contribution < -0.4 is 10.7 Å². The molecule has 0 radical (unpaired) electrons. The Morgan fingerprint density at radius 3 is 2.42 bits per heavy atom. The average Bonchev–Trinajstić information content (AvgIpc) is 2.96. The van der Waals surface area contributed by atoms with E-state index in [1.54, 1.807) is 18.2 Å². The van der Waals surface area contributed by atoms with E-state index in [2.05, 4.69) is 10.7 Å². The van der Waals surface area contributed by atoms with Gasteiger partial charge in [-0.25, -0.2) is 14.2 Å². The van der Waals surface area contributed by atoms with Crippen LogP contribution in [0.2, 0.25) is 0 Å². The van der Waals surface area contributed by atoms with Crippen LogP contribution in [0.3, 0.4) is 0 Å². The van der Waals surface area contributed by atoms with Gasteiger partial charge in [-0.3, -0.25) is 0 Å². The summed E-state index contributed by atoms with van der Waals surface area (Å²) in [4.78, 5) is 0. The molecule has 1 atom stereocenters. The van der Waals surface area contributed by atoms with E-state index >= 15 is 0 Å². The summed E-state index contributed by atoms with van der Waals surface area (Å²) in [5.74, 6) is -1.05. The summed E-state index contributed by atoms with van der Waals surface area (Å²) >= 11 is 0. The van der Waals surface area contributed by atoms with Crippen molar-refractivity contribution < 1.29 is 22.0 Å². The van der Waals surface area contributed by atoms with Crippen LogP contribution in [0.4, 0.5) is 27.6 Å². The lowest BCUT2D eigenvalue weighted by molar-refractivity contribution is -0.148. The highest BCUT2D eigenvalue weighted by Crippen LogP contribution is 2.32. The minimum Gasteiger partial charge on any atom is -0.381 e. The van der Waals surface area contributed by atoms with E-state index in [4.69, 9.17) is 0 Å². The zero-order valence-electron chi connectivity index (χ0n) is 13.7. The van der Waals surface area contributed by atoms with Crippen LogP contribution in [0, 0.1) is 11.6 Å². The predicted octanol–water partition coefficient (Wildman–Crippen LogP) is 4.30. The van der Waals surface area contributed by atoms with E-state index in [1.807, 2.05) is 0 Å². The molecule has 1 aliphatic heterocycles. The van der Waals surface area contributed by atoms with Crippen LogP contribution in [0.15, 0.2) is 48.5 Å². The van der Waals surface area contributed by atoms with Gasteiger partial charge in [-0.1, -0.05) is 18.2 Å². The fraction of sp³-hybridized carbons (Fsp3) is 0.222. The molecule has 0 fully saturated rings. The molecule has 2 aromatic carbocycles. The lowest BCUT2D eigenvalue weighted by Gasteiger charge is -2.20. The Morgan fingerprint density at radius 1 is 1.08 bits per heavy atom. The fourth-order valence-corrected chi connectivity index (χ4v) is 2.70. The molecule has 0 saturated heterocycles. The summed E-state index contributed by atoms with van der Waals surface area (Å²) in [7, 11) is 1.39. The van der Waals surface area contributed by atoms with E-state index in [1.165, 1.54) is 31.3 Å². The Bertz CT molecular complexity index is 832. The van der Waals surface area contributed by atoms with Crippen LogP contribution >= 0.6 is 0 Å². The summed E-state index contributed by atoms with van der Waals surface area (Å²) in [5, 5.41) is 4.04. The van der Waals surface area contributed by atoms with Crippen LogP contribution in [0.1, 0.15) is 11.1 Å². The third-order valence-electron chi connectivity index (χ3n) is 4.06. The first kappa shape index (κ1) is 18.2. The summed E-state index contributed by atoms with van der Waals surface area (Å²) in [6, 6.07) is 8.43. The minimum absolute atomic E-state index is 0.0446. The first-order chi connectivity index (χ1) is 12.3. The van der Waals surface area contributed by atoms with Gasteiger partial charge in [0.15, 0.2) is 0 Å². The molecule has 0 bridgehead atoms. The molecule has 0 saturated carbocycles. The van der Waals surface area contributed by atoms with Crippen molar-refractivity contribution in [3.05, 3.63) is 71.3 Å². The summed E-state index contributed by atoms with van der Waals surface area (Å²) in [5.41, 5.74) is 3.20. The Kier molecular flexibility index (Phi) is 4.86. The minimum atomic E-state index is -4.46. The summed E-state index contributed by atoms with van der Waals surface area (Å²) in [6.07, 6.45) is -3.53. The number of hydrogen-bond donors (Lipinski definition) is 2. The molecule has 1 unspecified atom stereocenters. The molecule has 3 nitrogen and oxygen atoms in total. The highest BCUT2D eigenvalue weighted by Gasteiger charge is 2.42. The lowest BCUT2D eigenvalue weighted by atomic mass is 10.1. The molecule has 2 aromatic rings. The van der Waals surface area contributed by atoms with Crippen LogP contribution in [0.25, 0.3) is 5.70 Å². The SMILES string of the molecule is CN1NC(C(F)(F)F)C=C1c1ccc(NCc2ccccc2F)cc1F. The molecular weight excluding hydrogens is 353 g/mol. The van der Waals surface area contributed by atoms with Gasteiger partial charge in [0, 0.05) is 30.4 Å². The van der Waals surface area contributed by atoms with Crippen molar-refractivity contribution in [1.29, 1.82) is 0 Å². The lowest BCUT2D eigenvalue weighted by Crippen LogP contribution is -2.42. The number of benzene rings is 2. The zero-order chi connectivity index (χ0) is 18.9. The second kappa shape index (κ2) is 6.95. The maximum atomic E-state index is 14.4. The van der Waals surface area contributed by atoms with Gasteiger partial charge in [-0.2, -0.15) is 13.2 Å². The molecule has 0 aromatic heterocycles. The van der Waals surface area contributed by atoms with E-state index in [0.29, 0.717) is 11.3 Å². The van der Waals surface area contributed by atoms with Crippen molar-refractivity contribution >= 4 is 11.4 Å². The van der Waals surface area contributed by atoms with Gasteiger partial charge in [-0.05, 0) is 30.3 Å². The summed E-state index contributed by atoms with van der Waals surface area (Å²) in [6.45, 7) is 0.158. The average molecular weight is 369 g/mol. The fourth-order valence-electron chi connectivity index (χ4n) is 2.70. The largest absolute Gasteiger partial charge is 0.409 e. The third kappa shape index (κ3) is 3.80. The Morgan fingerprint density at radius 2 is 1.81 bits per heavy atom. The molecule has 2 N–H and O–H groups in total. The second-order valence-corrected chi connectivity index (χ2v) is 5.90. The zero-order valence-corrected chi connectivity index (χ0v) is 13.7. The van der Waals surface area contributed by atoms with Gasteiger partial charge in [-0.15, -0.1) is 0 Å². The number of anilines is 1. The highest BCUT2D eigenvalue weighted by molar-refractivity contribution is 5.68. The number of alkyl halides is 3. The number of hydrogen-bond acceptors (Lipinski definition) is 3. The van der Waals surface area contributed by atoms with Gasteiger partial charge in [0.2, 0.25) is 0 Å². The van der Waals surface area contributed by atoms with Gasteiger partial charge in [0.1, 0.15) is 17.7 Å². The third-order valence-corrected chi connectivity index (χ3v) is 4.06. The van der Waals surface area contributed by atoms with Gasteiger partial charge >= 0.3 is 6.18 Å². The van der Waals surface area contributed by atoms with Gasteiger partial charge in [0.25, 0.3) is 0 Å². The smallest absolute Gasteiger partial charge is 0.381 e. The maximum Gasteiger partial charge on any atom is 0.409 e. The molecular formula is C18H16F5N3. The Balaban J connectivity index is 1.77. The molecule has 8 heteroatoms. The normalized spacial score (nSPS) is 17.4. The Hall–Kier alpha value is -2.61. The van der Waals surface area contributed by atoms with Crippen molar-refractivity contribution in [2.45, 2.75) is 18.8 Å². The highest BCUT2D eigenvalue weighted by atomic mass is 19.4. The molecule has 1 heterocycles. The maximum absolute atomic E-state index is 14.4.